The first-order chi connectivity index (χ1) is 4.93. The van der Waals surface area contributed by atoms with Crippen molar-refractivity contribution < 1.29 is 0 Å². The molecule has 0 heterocycles. The highest BCUT2D eigenvalue weighted by atomic mass is 14.7. The van der Waals surface area contributed by atoms with E-state index < -0.39 is 0 Å². The predicted octanol–water partition coefficient (Wildman–Crippen LogP) is 2.62. The van der Waals surface area contributed by atoms with Crippen molar-refractivity contribution in [3.05, 3.63) is 6.92 Å². The third kappa shape index (κ3) is 2.51. The maximum atomic E-state index is 4.46. The molecule has 1 saturated carbocycles. The monoisotopic (exact) mass is 138 g/mol. The molecule has 57 valence electrons. The zero-order valence-corrected chi connectivity index (χ0v) is 6.60. The Morgan fingerprint density at radius 3 is 2.50 bits per heavy atom. The van der Waals surface area contributed by atoms with Gasteiger partial charge in [0.05, 0.1) is 0 Å². The largest absolute Gasteiger partial charge is 0.294 e. The Morgan fingerprint density at radius 2 is 1.90 bits per heavy atom. The molecule has 0 unspecified atom stereocenters. The van der Waals surface area contributed by atoms with Crippen LogP contribution in [-0.4, -0.2) is 12.3 Å². The summed E-state index contributed by atoms with van der Waals surface area (Å²) in [4.78, 5) is 4.46. The molecule has 0 amide bonds. The maximum Gasteiger partial charge on any atom is 0.0388 e. The van der Waals surface area contributed by atoms with Crippen molar-refractivity contribution in [3.8, 4) is 0 Å². The second kappa shape index (κ2) is 4.48. The van der Waals surface area contributed by atoms with Crippen molar-refractivity contribution in [1.82, 2.24) is 0 Å². The topological polar surface area (TPSA) is 12.4 Å². The molecule has 1 heteroatoms. The lowest BCUT2D eigenvalue weighted by atomic mass is 9.98. The molecular formula is C9H16N. The van der Waals surface area contributed by atoms with Crippen molar-refractivity contribution in [2.45, 2.75) is 38.5 Å². The van der Waals surface area contributed by atoms with Crippen LogP contribution in [0.5, 0.6) is 0 Å². The molecular weight excluding hydrogens is 122 g/mol. The molecule has 1 radical (unpaired) electrons. The maximum absolute atomic E-state index is 4.46. The lowest BCUT2D eigenvalue weighted by molar-refractivity contribution is 0.663. The van der Waals surface area contributed by atoms with E-state index in [4.69, 9.17) is 0 Å². The number of rotatable bonds is 2. The van der Waals surface area contributed by atoms with Gasteiger partial charge in [-0.3, -0.25) is 4.99 Å². The summed E-state index contributed by atoms with van der Waals surface area (Å²) in [6.45, 7) is 4.70. The van der Waals surface area contributed by atoms with E-state index in [1.54, 1.807) is 0 Å². The van der Waals surface area contributed by atoms with Crippen LogP contribution in [-0.2, 0) is 0 Å². The van der Waals surface area contributed by atoms with Crippen LogP contribution in [0.4, 0.5) is 0 Å². The number of hydrogen-bond donors (Lipinski definition) is 0. The minimum absolute atomic E-state index is 0.940. The van der Waals surface area contributed by atoms with E-state index in [2.05, 4.69) is 11.9 Å². The Hall–Kier alpha value is -0.330. The van der Waals surface area contributed by atoms with Crippen LogP contribution in [0.25, 0.3) is 0 Å². The van der Waals surface area contributed by atoms with E-state index in [1.165, 1.54) is 37.8 Å². The smallest absolute Gasteiger partial charge is 0.0388 e. The van der Waals surface area contributed by atoms with Gasteiger partial charge in [0, 0.05) is 12.3 Å². The van der Waals surface area contributed by atoms with Crippen LogP contribution in [0.3, 0.4) is 0 Å². The molecule has 10 heavy (non-hydrogen) atoms. The minimum Gasteiger partial charge on any atom is -0.294 e. The van der Waals surface area contributed by atoms with Crippen LogP contribution in [0.15, 0.2) is 4.99 Å². The Balaban J connectivity index is 2.23. The number of aliphatic imine (C=N–C) groups is 1. The van der Waals surface area contributed by atoms with Gasteiger partial charge in [0.25, 0.3) is 0 Å². The van der Waals surface area contributed by atoms with Gasteiger partial charge in [0.1, 0.15) is 0 Å². The molecule has 0 aromatic carbocycles. The first-order valence-corrected chi connectivity index (χ1v) is 4.25. The normalized spacial score (nSPS) is 19.1. The average Bonchev–Trinajstić information content (AvgIpc) is 2.03. The van der Waals surface area contributed by atoms with Crippen LogP contribution in [0, 0.1) is 6.92 Å². The minimum atomic E-state index is 0.940. The first kappa shape index (κ1) is 7.77. The van der Waals surface area contributed by atoms with Crippen LogP contribution < -0.4 is 0 Å². The van der Waals surface area contributed by atoms with Crippen molar-refractivity contribution in [3.63, 3.8) is 0 Å². The number of nitrogens with zero attached hydrogens (tertiary/aromatic N) is 1. The fraction of sp³-hybridized carbons (Fsp3) is 0.778. The SMILES string of the molecule is [CH2]CCN=C1CCCCC1. The van der Waals surface area contributed by atoms with E-state index >= 15 is 0 Å². The van der Waals surface area contributed by atoms with Gasteiger partial charge in [0.2, 0.25) is 0 Å². The molecule has 0 aromatic heterocycles. The molecule has 0 atom stereocenters. The van der Waals surface area contributed by atoms with Gasteiger partial charge in [-0.25, -0.2) is 0 Å². The zero-order valence-electron chi connectivity index (χ0n) is 6.60. The third-order valence-electron chi connectivity index (χ3n) is 1.92. The molecule has 0 spiro atoms. The summed E-state index contributed by atoms with van der Waals surface area (Å²) < 4.78 is 0. The summed E-state index contributed by atoms with van der Waals surface area (Å²) >= 11 is 0. The number of hydrogen-bond acceptors (Lipinski definition) is 1. The summed E-state index contributed by atoms with van der Waals surface area (Å²) in [5.41, 5.74) is 1.44. The molecule has 1 rings (SSSR count). The van der Waals surface area contributed by atoms with Crippen LogP contribution in [0.1, 0.15) is 38.5 Å². The van der Waals surface area contributed by atoms with Gasteiger partial charge in [0.15, 0.2) is 0 Å². The van der Waals surface area contributed by atoms with E-state index in [9.17, 15) is 0 Å². The van der Waals surface area contributed by atoms with E-state index in [1.807, 2.05) is 0 Å². The van der Waals surface area contributed by atoms with E-state index in [0.717, 1.165) is 13.0 Å². The highest BCUT2D eigenvalue weighted by molar-refractivity contribution is 5.84. The Morgan fingerprint density at radius 1 is 1.20 bits per heavy atom. The van der Waals surface area contributed by atoms with Crippen molar-refractivity contribution >= 4 is 5.71 Å². The van der Waals surface area contributed by atoms with Crippen molar-refractivity contribution in [1.29, 1.82) is 0 Å². The second-order valence-electron chi connectivity index (χ2n) is 2.86. The summed E-state index contributed by atoms with van der Waals surface area (Å²) in [6.07, 6.45) is 7.57. The molecule has 0 aliphatic heterocycles. The molecule has 0 saturated heterocycles. The lowest BCUT2D eigenvalue weighted by Crippen LogP contribution is -2.05. The van der Waals surface area contributed by atoms with Gasteiger partial charge < -0.3 is 0 Å². The van der Waals surface area contributed by atoms with Crippen LogP contribution >= 0.6 is 0 Å². The molecule has 1 nitrogen and oxygen atoms in total. The van der Waals surface area contributed by atoms with Gasteiger partial charge in [-0.05, 0) is 32.1 Å². The second-order valence-corrected chi connectivity index (χ2v) is 2.86. The lowest BCUT2D eigenvalue weighted by Gasteiger charge is -2.11. The highest BCUT2D eigenvalue weighted by Crippen LogP contribution is 2.14. The molecule has 1 fully saturated rings. The molecule has 1 aliphatic carbocycles. The summed E-state index contributed by atoms with van der Waals surface area (Å²) in [5.74, 6) is 0. The van der Waals surface area contributed by atoms with Gasteiger partial charge in [-0.1, -0.05) is 13.3 Å². The van der Waals surface area contributed by atoms with Gasteiger partial charge in [-0.2, -0.15) is 0 Å². The van der Waals surface area contributed by atoms with Gasteiger partial charge >= 0.3 is 0 Å². The summed E-state index contributed by atoms with van der Waals surface area (Å²) in [5, 5.41) is 0. The average molecular weight is 138 g/mol. The fourth-order valence-electron chi connectivity index (χ4n) is 1.36. The van der Waals surface area contributed by atoms with E-state index in [0.29, 0.717) is 0 Å². The van der Waals surface area contributed by atoms with E-state index in [-0.39, 0.29) is 0 Å². The standard InChI is InChI=1S/C9H16N/c1-2-8-10-9-6-4-3-5-7-9/h1-8H2. The molecule has 0 aromatic rings. The Kier molecular flexibility index (Phi) is 3.48. The van der Waals surface area contributed by atoms with Crippen molar-refractivity contribution in [2.24, 2.45) is 4.99 Å². The predicted molar refractivity (Wildman–Crippen MR) is 45.4 cm³/mol. The Labute approximate surface area is 63.5 Å². The quantitative estimate of drug-likeness (QED) is 0.556. The van der Waals surface area contributed by atoms with Crippen LogP contribution in [0.2, 0.25) is 0 Å². The summed E-state index contributed by atoms with van der Waals surface area (Å²) in [6, 6.07) is 0. The fourth-order valence-corrected chi connectivity index (χ4v) is 1.36. The zero-order chi connectivity index (χ0) is 7.23. The summed E-state index contributed by atoms with van der Waals surface area (Å²) in [7, 11) is 0. The van der Waals surface area contributed by atoms with Gasteiger partial charge in [-0.15, -0.1) is 0 Å². The first-order valence-electron chi connectivity index (χ1n) is 4.25. The highest BCUT2D eigenvalue weighted by Gasteiger charge is 2.04. The molecule has 0 N–H and O–H groups in total. The Bertz CT molecular complexity index is 108. The third-order valence-corrected chi connectivity index (χ3v) is 1.92. The van der Waals surface area contributed by atoms with Crippen molar-refractivity contribution in [2.75, 3.05) is 6.54 Å². The molecule has 1 aliphatic rings. The molecule has 0 bridgehead atoms.